The van der Waals surface area contributed by atoms with Crippen molar-refractivity contribution in [3.8, 4) is 0 Å². The van der Waals surface area contributed by atoms with Gasteiger partial charge in [0.05, 0.1) is 10.6 Å². The van der Waals surface area contributed by atoms with Gasteiger partial charge in [-0.3, -0.25) is 15.0 Å². The molecule has 0 aliphatic heterocycles. The summed E-state index contributed by atoms with van der Waals surface area (Å²) >= 11 is 1.35. The standard InChI is InChI=1S/C31H42N6O7S2/c1-19(38)33-26-34-24(25(45-26)18-21-10-15-23(16-11-21)46(32,43)44)17-12-20-8-13-22(14-9-20)35-31(29(2,3)4,36-27(39)40)37(28(41)42)30(5,6)7/h8-11,13-16,35-36H,12,17-18H2,1-7H3,(H,39,40)(H,41,42)(H2,32,43,44)(H,33,34,38). The summed E-state index contributed by atoms with van der Waals surface area (Å²) < 4.78 is 23.3. The number of nitrogens with one attached hydrogen (secondary N) is 3. The number of aromatic nitrogens is 1. The van der Waals surface area contributed by atoms with Gasteiger partial charge in [0, 0.05) is 34.9 Å². The van der Waals surface area contributed by atoms with E-state index in [1.165, 1.54) is 30.4 Å². The van der Waals surface area contributed by atoms with Crippen LogP contribution >= 0.6 is 11.3 Å². The number of amides is 3. The minimum atomic E-state index is -3.81. The zero-order chi connectivity index (χ0) is 34.7. The van der Waals surface area contributed by atoms with E-state index >= 15 is 0 Å². The summed E-state index contributed by atoms with van der Waals surface area (Å²) in [7, 11) is -3.81. The highest BCUT2D eigenvalue weighted by Gasteiger charge is 2.54. The lowest BCUT2D eigenvalue weighted by Gasteiger charge is -2.55. The molecular formula is C31H42N6O7S2. The van der Waals surface area contributed by atoms with Gasteiger partial charge in [-0.2, -0.15) is 0 Å². The summed E-state index contributed by atoms with van der Waals surface area (Å²) in [6.45, 7) is 11.7. The summed E-state index contributed by atoms with van der Waals surface area (Å²) in [5.41, 5.74) is 1.19. The van der Waals surface area contributed by atoms with Crippen LogP contribution in [-0.4, -0.2) is 57.9 Å². The van der Waals surface area contributed by atoms with Gasteiger partial charge in [0.2, 0.25) is 21.7 Å². The Morgan fingerprint density at radius 1 is 0.913 bits per heavy atom. The summed E-state index contributed by atoms with van der Waals surface area (Å²) in [5, 5.41) is 34.1. The van der Waals surface area contributed by atoms with Crippen LogP contribution in [-0.2, 0) is 34.1 Å². The number of thiazole rings is 1. The van der Waals surface area contributed by atoms with Crippen LogP contribution in [0.25, 0.3) is 0 Å². The van der Waals surface area contributed by atoms with Gasteiger partial charge < -0.3 is 20.8 Å². The number of rotatable bonds is 11. The number of nitrogens with two attached hydrogens (primary N) is 1. The smallest absolute Gasteiger partial charge is 0.411 e. The first kappa shape index (κ1) is 36.3. The molecule has 46 heavy (non-hydrogen) atoms. The maximum Gasteiger partial charge on any atom is 0.411 e. The van der Waals surface area contributed by atoms with Crippen LogP contribution in [0, 0.1) is 5.41 Å². The van der Waals surface area contributed by atoms with Gasteiger partial charge in [-0.15, -0.1) is 11.3 Å². The van der Waals surface area contributed by atoms with E-state index in [2.05, 4.69) is 20.9 Å². The fourth-order valence-electron chi connectivity index (χ4n) is 5.07. The minimum Gasteiger partial charge on any atom is -0.465 e. The van der Waals surface area contributed by atoms with Crippen LogP contribution in [0.5, 0.6) is 0 Å². The van der Waals surface area contributed by atoms with Crippen molar-refractivity contribution in [3.63, 3.8) is 0 Å². The summed E-state index contributed by atoms with van der Waals surface area (Å²) in [6.07, 6.45) is -1.08. The highest BCUT2D eigenvalue weighted by molar-refractivity contribution is 7.89. The van der Waals surface area contributed by atoms with Crippen molar-refractivity contribution in [1.82, 2.24) is 15.2 Å². The molecule has 1 aromatic heterocycles. The highest BCUT2D eigenvalue weighted by Crippen LogP contribution is 2.39. The predicted octanol–water partition coefficient (Wildman–Crippen LogP) is 5.28. The lowest BCUT2D eigenvalue weighted by atomic mass is 9.82. The molecule has 15 heteroatoms. The molecule has 3 aromatic rings. The molecule has 0 spiro atoms. The first-order valence-corrected chi connectivity index (χ1v) is 16.8. The molecule has 250 valence electrons. The average Bonchev–Trinajstić information content (AvgIpc) is 3.25. The van der Waals surface area contributed by atoms with Crippen molar-refractivity contribution in [3.05, 3.63) is 70.2 Å². The van der Waals surface area contributed by atoms with Gasteiger partial charge >= 0.3 is 12.2 Å². The maximum absolute atomic E-state index is 12.5. The Balaban J connectivity index is 1.87. The maximum atomic E-state index is 12.5. The number of anilines is 2. The lowest BCUT2D eigenvalue weighted by Crippen LogP contribution is -2.76. The Bertz CT molecular complexity index is 1680. The average molecular weight is 675 g/mol. The highest BCUT2D eigenvalue weighted by atomic mass is 32.2. The topological polar surface area (TPSA) is 204 Å². The van der Waals surface area contributed by atoms with Crippen molar-refractivity contribution in [2.45, 2.75) is 83.9 Å². The van der Waals surface area contributed by atoms with Crippen molar-refractivity contribution in [2.24, 2.45) is 10.6 Å². The van der Waals surface area contributed by atoms with Crippen LogP contribution < -0.4 is 21.1 Å². The van der Waals surface area contributed by atoms with E-state index < -0.39 is 39.0 Å². The Labute approximate surface area is 273 Å². The van der Waals surface area contributed by atoms with E-state index in [-0.39, 0.29) is 10.8 Å². The number of hydrogen-bond donors (Lipinski definition) is 6. The molecule has 0 fully saturated rings. The third kappa shape index (κ3) is 8.95. The number of nitrogens with zero attached hydrogens (tertiary/aromatic N) is 2. The van der Waals surface area contributed by atoms with E-state index in [9.17, 15) is 33.0 Å². The molecule has 3 amide bonds. The molecule has 0 aliphatic rings. The SMILES string of the molecule is CC(=O)Nc1nc(CCc2ccc(NC(NC(=O)O)(N(C(=O)O)C(C)(C)C)C(C)(C)C)cc2)c(Cc2ccc(S(N)(=O)=O)cc2)s1. The molecular weight excluding hydrogens is 633 g/mol. The second-order valence-electron chi connectivity index (χ2n) is 12.9. The van der Waals surface area contributed by atoms with Gasteiger partial charge in [-0.1, -0.05) is 45.0 Å². The number of sulfonamides is 1. The Kier molecular flexibility index (Phi) is 10.8. The molecule has 0 bridgehead atoms. The second-order valence-corrected chi connectivity index (χ2v) is 15.6. The third-order valence-electron chi connectivity index (χ3n) is 7.18. The quantitative estimate of drug-likeness (QED) is 0.146. The van der Waals surface area contributed by atoms with Crippen LogP contribution in [0.1, 0.15) is 70.2 Å². The van der Waals surface area contributed by atoms with Crippen molar-refractivity contribution in [1.29, 1.82) is 0 Å². The number of aryl methyl sites for hydroxylation is 2. The molecule has 0 saturated carbocycles. The molecule has 3 rings (SSSR count). The lowest BCUT2D eigenvalue weighted by molar-refractivity contribution is -0.114. The van der Waals surface area contributed by atoms with Gasteiger partial charge in [-0.25, -0.2) is 28.1 Å². The fourth-order valence-corrected chi connectivity index (χ4v) is 6.68. The van der Waals surface area contributed by atoms with Crippen LogP contribution in [0.3, 0.4) is 0 Å². The minimum absolute atomic E-state index is 0.0187. The number of primary sulfonamides is 1. The van der Waals surface area contributed by atoms with Crippen molar-refractivity contribution < 1.29 is 33.0 Å². The first-order valence-electron chi connectivity index (χ1n) is 14.4. The van der Waals surface area contributed by atoms with Crippen LogP contribution in [0.2, 0.25) is 0 Å². The second kappa shape index (κ2) is 13.6. The summed E-state index contributed by atoms with van der Waals surface area (Å²) in [6, 6.07) is 13.5. The Morgan fingerprint density at radius 3 is 1.93 bits per heavy atom. The van der Waals surface area contributed by atoms with E-state index in [0.29, 0.717) is 30.1 Å². The number of benzene rings is 2. The molecule has 1 unspecified atom stereocenters. The van der Waals surface area contributed by atoms with E-state index in [0.717, 1.165) is 26.6 Å². The van der Waals surface area contributed by atoms with Crippen molar-refractivity contribution in [2.75, 3.05) is 10.6 Å². The normalized spacial score (nSPS) is 13.4. The van der Waals surface area contributed by atoms with Gasteiger partial charge in [-0.05, 0) is 69.0 Å². The van der Waals surface area contributed by atoms with Gasteiger partial charge in [0.25, 0.3) is 0 Å². The first-order chi connectivity index (χ1) is 21.1. The van der Waals surface area contributed by atoms with Gasteiger partial charge in [0.1, 0.15) is 0 Å². The number of carbonyl (C=O) groups is 3. The zero-order valence-corrected chi connectivity index (χ0v) is 28.6. The predicted molar refractivity (Wildman–Crippen MR) is 177 cm³/mol. The molecule has 1 heterocycles. The van der Waals surface area contributed by atoms with E-state index in [1.54, 1.807) is 65.8 Å². The Hall–Kier alpha value is -4.21. The van der Waals surface area contributed by atoms with Crippen LogP contribution in [0.4, 0.5) is 20.4 Å². The Morgan fingerprint density at radius 2 is 1.48 bits per heavy atom. The molecule has 2 aromatic carbocycles. The molecule has 0 saturated heterocycles. The third-order valence-corrected chi connectivity index (χ3v) is 9.12. The molecule has 13 nitrogen and oxygen atoms in total. The number of hydrogen-bond acceptors (Lipinski definition) is 8. The largest absolute Gasteiger partial charge is 0.465 e. The van der Waals surface area contributed by atoms with Gasteiger partial charge in [0.15, 0.2) is 5.13 Å². The van der Waals surface area contributed by atoms with E-state index in [4.69, 9.17) is 5.14 Å². The summed E-state index contributed by atoms with van der Waals surface area (Å²) in [4.78, 5) is 42.9. The molecule has 7 N–H and O–H groups in total. The summed E-state index contributed by atoms with van der Waals surface area (Å²) in [5.74, 6) is -1.98. The fraction of sp³-hybridized carbons (Fsp3) is 0.419. The van der Waals surface area contributed by atoms with E-state index in [1.807, 2.05) is 12.1 Å². The molecule has 1 atom stereocenters. The zero-order valence-electron chi connectivity index (χ0n) is 27.0. The number of carboxylic acid groups (broad SMARTS) is 2. The van der Waals surface area contributed by atoms with Crippen LogP contribution in [0.15, 0.2) is 53.4 Å². The van der Waals surface area contributed by atoms with Crippen molar-refractivity contribution >= 4 is 50.3 Å². The number of carbonyl (C=O) groups excluding carboxylic acids is 1. The molecule has 0 radical (unpaired) electrons. The molecule has 0 aliphatic carbocycles. The monoisotopic (exact) mass is 674 g/mol.